The minimum Gasteiger partial charge on any atom is -0.296 e. The number of allylic oxidation sites excluding steroid dienone is 1. The van der Waals surface area contributed by atoms with Gasteiger partial charge in [0.25, 0.3) is 5.91 Å². The molecule has 0 spiro atoms. The quantitative estimate of drug-likeness (QED) is 0.435. The minimum absolute atomic E-state index is 0.204. The monoisotopic (exact) mass is 109 g/mol. The van der Waals surface area contributed by atoms with Gasteiger partial charge in [-0.15, -0.1) is 0 Å². The van der Waals surface area contributed by atoms with E-state index in [2.05, 4.69) is 4.99 Å². The van der Waals surface area contributed by atoms with Gasteiger partial charge in [-0.25, -0.2) is 4.99 Å². The molecule has 3 nitrogen and oxygen atoms in total. The molecule has 8 heavy (non-hydrogen) atoms. The normalized spacial score (nSPS) is 16.5. The summed E-state index contributed by atoms with van der Waals surface area (Å²) in [5.41, 5.74) is 0.204. The second-order valence-electron chi connectivity index (χ2n) is 1.33. The first kappa shape index (κ1) is 4.90. The van der Waals surface area contributed by atoms with Crippen molar-refractivity contribution in [3.63, 3.8) is 0 Å². The summed E-state index contributed by atoms with van der Waals surface area (Å²) in [6.07, 6.45) is 3.18. The maximum atomic E-state index is 10.2. The number of rotatable bonds is 1. The summed E-state index contributed by atoms with van der Waals surface area (Å²) in [7, 11) is 0. The minimum atomic E-state index is -0.355. The van der Waals surface area contributed by atoms with Crippen LogP contribution in [0.25, 0.3) is 0 Å². The predicted octanol–water partition coefficient (Wildman–Crippen LogP) is -0.277. The molecule has 0 aromatic rings. The van der Waals surface area contributed by atoms with Crippen molar-refractivity contribution in [2.45, 2.75) is 0 Å². The molecule has 0 radical (unpaired) electrons. The Morgan fingerprint density at radius 2 is 2.25 bits per heavy atom. The van der Waals surface area contributed by atoms with Crippen LogP contribution in [0.15, 0.2) is 17.1 Å². The molecule has 0 saturated heterocycles. The zero-order valence-corrected chi connectivity index (χ0v) is 4.00. The number of nitrogens with zero attached hydrogens (tertiary/aromatic N) is 1. The highest BCUT2D eigenvalue weighted by Gasteiger charge is 2.02. The van der Waals surface area contributed by atoms with Crippen LogP contribution in [0.3, 0.4) is 0 Å². The van der Waals surface area contributed by atoms with Gasteiger partial charge >= 0.3 is 0 Å². The van der Waals surface area contributed by atoms with Crippen LogP contribution in [0.2, 0.25) is 0 Å². The molecule has 0 saturated carbocycles. The lowest BCUT2D eigenvalue weighted by Gasteiger charge is -1.71. The molecule has 0 aromatic carbocycles. The van der Waals surface area contributed by atoms with Crippen LogP contribution in [-0.2, 0) is 9.59 Å². The van der Waals surface area contributed by atoms with Crippen LogP contribution >= 0.6 is 0 Å². The predicted molar refractivity (Wildman–Crippen MR) is 27.6 cm³/mol. The van der Waals surface area contributed by atoms with Crippen LogP contribution in [-0.4, -0.2) is 17.9 Å². The van der Waals surface area contributed by atoms with Crippen molar-refractivity contribution in [2.75, 3.05) is 0 Å². The summed E-state index contributed by atoms with van der Waals surface area (Å²) >= 11 is 0. The molecule has 0 atom stereocenters. The summed E-state index contributed by atoms with van der Waals surface area (Å²) in [4.78, 5) is 23.3. The Kier molecular flexibility index (Phi) is 1.04. The fourth-order valence-corrected chi connectivity index (χ4v) is 0.424. The van der Waals surface area contributed by atoms with E-state index in [0.29, 0.717) is 6.29 Å². The van der Waals surface area contributed by atoms with Crippen molar-refractivity contribution in [3.8, 4) is 0 Å². The first-order valence-electron chi connectivity index (χ1n) is 2.09. The summed E-state index contributed by atoms with van der Waals surface area (Å²) in [5, 5.41) is 0. The maximum absolute atomic E-state index is 10.2. The second kappa shape index (κ2) is 1.69. The van der Waals surface area contributed by atoms with Crippen LogP contribution in [0, 0.1) is 0 Å². The number of aldehydes is 1. The van der Waals surface area contributed by atoms with Gasteiger partial charge in [-0.05, 0) is 6.08 Å². The summed E-state index contributed by atoms with van der Waals surface area (Å²) in [6.45, 7) is 0. The Labute approximate surface area is 45.7 Å². The lowest BCUT2D eigenvalue weighted by atomic mass is 10.4. The maximum Gasteiger partial charge on any atom is 0.270 e. The van der Waals surface area contributed by atoms with Gasteiger partial charge in [0.2, 0.25) is 0 Å². The lowest BCUT2D eigenvalue weighted by Crippen LogP contribution is -1.90. The molecule has 1 aliphatic heterocycles. The molecule has 1 rings (SSSR count). The Morgan fingerprint density at radius 3 is 2.50 bits per heavy atom. The van der Waals surface area contributed by atoms with E-state index in [1.165, 1.54) is 12.2 Å². The van der Waals surface area contributed by atoms with Gasteiger partial charge in [0.1, 0.15) is 5.71 Å². The largest absolute Gasteiger partial charge is 0.296 e. The highest BCUT2D eigenvalue weighted by molar-refractivity contribution is 6.39. The van der Waals surface area contributed by atoms with Crippen molar-refractivity contribution in [1.29, 1.82) is 0 Å². The Hall–Kier alpha value is -1.25. The fraction of sp³-hybridized carbons (Fsp3) is 0. The molecule has 0 fully saturated rings. The fourth-order valence-electron chi connectivity index (χ4n) is 0.424. The highest BCUT2D eigenvalue weighted by Crippen LogP contribution is 1.91. The standard InChI is InChI=1S/C5H3NO2/c7-3-4-1-2-5(8)6-4/h1-3H. The molecule has 1 aliphatic rings. The number of hydrogen-bond acceptors (Lipinski definition) is 2. The van der Waals surface area contributed by atoms with Gasteiger partial charge < -0.3 is 0 Å². The smallest absolute Gasteiger partial charge is 0.270 e. The van der Waals surface area contributed by atoms with Gasteiger partial charge in [0, 0.05) is 6.08 Å². The Balaban J connectivity index is 2.87. The first-order chi connectivity index (χ1) is 3.83. The molecule has 0 aromatic heterocycles. The van der Waals surface area contributed by atoms with E-state index in [-0.39, 0.29) is 11.6 Å². The third-order valence-corrected chi connectivity index (χ3v) is 0.757. The van der Waals surface area contributed by atoms with Crippen molar-refractivity contribution >= 4 is 17.9 Å². The molecule has 1 amide bonds. The zero-order valence-electron chi connectivity index (χ0n) is 4.00. The zero-order chi connectivity index (χ0) is 5.98. The van der Waals surface area contributed by atoms with E-state index < -0.39 is 0 Å². The number of aliphatic imine (C=N–C) groups is 1. The van der Waals surface area contributed by atoms with E-state index in [1.807, 2.05) is 0 Å². The van der Waals surface area contributed by atoms with Gasteiger partial charge in [-0.1, -0.05) is 0 Å². The van der Waals surface area contributed by atoms with Crippen molar-refractivity contribution in [2.24, 2.45) is 4.99 Å². The molecule has 0 unspecified atom stereocenters. The third kappa shape index (κ3) is 0.703. The molecular weight excluding hydrogens is 106 g/mol. The van der Waals surface area contributed by atoms with Crippen LogP contribution < -0.4 is 0 Å². The SMILES string of the molecule is O=CC1=NC(=O)C=C1. The van der Waals surface area contributed by atoms with Crippen molar-refractivity contribution in [1.82, 2.24) is 0 Å². The molecule has 3 heteroatoms. The van der Waals surface area contributed by atoms with E-state index in [4.69, 9.17) is 0 Å². The van der Waals surface area contributed by atoms with Gasteiger partial charge in [-0.2, -0.15) is 0 Å². The lowest BCUT2D eigenvalue weighted by molar-refractivity contribution is -0.113. The number of hydrogen-bond donors (Lipinski definition) is 0. The van der Waals surface area contributed by atoms with Gasteiger partial charge in [0.05, 0.1) is 0 Å². The summed E-state index contributed by atoms with van der Waals surface area (Å²) in [5.74, 6) is -0.355. The van der Waals surface area contributed by atoms with Crippen LogP contribution in [0.5, 0.6) is 0 Å². The average Bonchev–Trinajstić information content (AvgIpc) is 2.14. The molecule has 0 bridgehead atoms. The van der Waals surface area contributed by atoms with Crippen molar-refractivity contribution in [3.05, 3.63) is 12.2 Å². The first-order valence-corrected chi connectivity index (χ1v) is 2.09. The second-order valence-corrected chi connectivity index (χ2v) is 1.33. The van der Waals surface area contributed by atoms with Crippen LogP contribution in [0.1, 0.15) is 0 Å². The van der Waals surface area contributed by atoms with Gasteiger partial charge in [0.15, 0.2) is 6.29 Å². The molecule has 40 valence electrons. The Bertz CT molecular complexity index is 191. The van der Waals surface area contributed by atoms with E-state index in [0.717, 1.165) is 0 Å². The van der Waals surface area contributed by atoms with E-state index in [1.54, 1.807) is 0 Å². The van der Waals surface area contributed by atoms with E-state index >= 15 is 0 Å². The molecule has 0 aliphatic carbocycles. The van der Waals surface area contributed by atoms with Gasteiger partial charge in [-0.3, -0.25) is 9.59 Å². The highest BCUT2D eigenvalue weighted by atomic mass is 16.1. The van der Waals surface area contributed by atoms with E-state index in [9.17, 15) is 9.59 Å². The number of carbonyl (C=O) groups is 2. The molecule has 0 N–H and O–H groups in total. The average molecular weight is 109 g/mol. The molecular formula is C5H3NO2. The van der Waals surface area contributed by atoms with Crippen molar-refractivity contribution < 1.29 is 9.59 Å². The topological polar surface area (TPSA) is 46.5 Å². The molecule has 1 heterocycles. The third-order valence-electron chi connectivity index (χ3n) is 0.757. The summed E-state index contributed by atoms with van der Waals surface area (Å²) in [6, 6.07) is 0. The number of carbonyl (C=O) groups excluding carboxylic acids is 2. The Morgan fingerprint density at radius 1 is 1.50 bits per heavy atom. The number of amides is 1. The van der Waals surface area contributed by atoms with Crippen LogP contribution in [0.4, 0.5) is 0 Å². The summed E-state index contributed by atoms with van der Waals surface area (Å²) < 4.78 is 0.